The first kappa shape index (κ1) is 17.3. The monoisotopic (exact) mass is 343 g/mol. The van der Waals surface area contributed by atoms with Gasteiger partial charge in [-0.05, 0) is 25.0 Å². The quantitative estimate of drug-likeness (QED) is 0.808. The number of aromatic nitrogens is 2. The van der Waals surface area contributed by atoms with Crippen LogP contribution in [0.2, 0.25) is 0 Å². The molecule has 0 aliphatic carbocycles. The van der Waals surface area contributed by atoms with E-state index in [4.69, 9.17) is 4.74 Å². The maximum atomic E-state index is 12.1. The van der Waals surface area contributed by atoms with Gasteiger partial charge in [0.05, 0.1) is 25.0 Å². The molecule has 2 heterocycles. The summed E-state index contributed by atoms with van der Waals surface area (Å²) in [6, 6.07) is 8.47. The number of rotatable bonds is 7. The Balaban J connectivity index is 1.47. The molecule has 1 aliphatic heterocycles. The standard InChI is InChI=1S/C18H25N5O2/c1-14(23-8-7-15-5-3-4-6-17(15)23)11-19-18(24)21-16-12-20-22(13-16)9-10-25-2/h3-6,12-14H,7-11H2,1-2H3,(H2,19,21,24)/t14-/m1/s1. The summed E-state index contributed by atoms with van der Waals surface area (Å²) in [5.74, 6) is 0. The Labute approximate surface area is 148 Å². The average Bonchev–Trinajstić information content (AvgIpc) is 3.24. The Bertz CT molecular complexity index is 715. The second-order valence-corrected chi connectivity index (χ2v) is 6.24. The lowest BCUT2D eigenvalue weighted by molar-refractivity contribution is 0.183. The molecule has 25 heavy (non-hydrogen) atoms. The third-order valence-corrected chi connectivity index (χ3v) is 4.43. The molecule has 2 N–H and O–H groups in total. The van der Waals surface area contributed by atoms with E-state index in [0.717, 1.165) is 13.0 Å². The van der Waals surface area contributed by atoms with Gasteiger partial charge in [0.2, 0.25) is 0 Å². The van der Waals surface area contributed by atoms with E-state index >= 15 is 0 Å². The van der Waals surface area contributed by atoms with Crippen molar-refractivity contribution in [2.24, 2.45) is 0 Å². The van der Waals surface area contributed by atoms with Crippen molar-refractivity contribution in [1.29, 1.82) is 0 Å². The molecule has 7 nitrogen and oxygen atoms in total. The third kappa shape index (κ3) is 4.30. The van der Waals surface area contributed by atoms with Gasteiger partial charge in [-0.1, -0.05) is 18.2 Å². The van der Waals surface area contributed by atoms with Crippen molar-refractivity contribution in [3.05, 3.63) is 42.2 Å². The van der Waals surface area contributed by atoms with Gasteiger partial charge in [-0.15, -0.1) is 0 Å². The Morgan fingerprint density at radius 1 is 1.40 bits per heavy atom. The van der Waals surface area contributed by atoms with Crippen molar-refractivity contribution in [2.45, 2.75) is 25.9 Å². The number of hydrogen-bond acceptors (Lipinski definition) is 4. The molecular weight excluding hydrogens is 318 g/mol. The molecule has 1 aromatic carbocycles. The van der Waals surface area contributed by atoms with Gasteiger partial charge in [0.15, 0.2) is 0 Å². The van der Waals surface area contributed by atoms with E-state index in [0.29, 0.717) is 25.4 Å². The summed E-state index contributed by atoms with van der Waals surface area (Å²) in [5.41, 5.74) is 3.33. The van der Waals surface area contributed by atoms with Crippen molar-refractivity contribution in [2.75, 3.05) is 37.0 Å². The molecule has 134 valence electrons. The van der Waals surface area contributed by atoms with Gasteiger partial charge >= 0.3 is 6.03 Å². The number of urea groups is 1. The molecule has 0 spiro atoms. The Hall–Kier alpha value is -2.54. The van der Waals surface area contributed by atoms with E-state index in [9.17, 15) is 4.79 Å². The van der Waals surface area contributed by atoms with Crippen LogP contribution in [0.4, 0.5) is 16.2 Å². The summed E-state index contributed by atoms with van der Waals surface area (Å²) < 4.78 is 6.75. The third-order valence-electron chi connectivity index (χ3n) is 4.43. The molecule has 0 bridgehead atoms. The molecule has 0 unspecified atom stereocenters. The zero-order chi connectivity index (χ0) is 17.6. The van der Waals surface area contributed by atoms with E-state index in [1.54, 1.807) is 24.2 Å². The van der Waals surface area contributed by atoms with Crippen LogP contribution in [0.3, 0.4) is 0 Å². The van der Waals surface area contributed by atoms with Gasteiger partial charge in [-0.2, -0.15) is 5.10 Å². The van der Waals surface area contributed by atoms with Gasteiger partial charge in [-0.25, -0.2) is 4.79 Å². The summed E-state index contributed by atoms with van der Waals surface area (Å²) >= 11 is 0. The Kier molecular flexibility index (Phi) is 5.55. The van der Waals surface area contributed by atoms with Crippen LogP contribution < -0.4 is 15.5 Å². The van der Waals surface area contributed by atoms with Crippen molar-refractivity contribution >= 4 is 17.4 Å². The minimum atomic E-state index is -0.217. The number of benzene rings is 1. The minimum absolute atomic E-state index is 0.217. The first-order valence-electron chi connectivity index (χ1n) is 8.58. The van der Waals surface area contributed by atoms with Crippen molar-refractivity contribution < 1.29 is 9.53 Å². The Morgan fingerprint density at radius 2 is 2.24 bits per heavy atom. The number of amides is 2. The molecule has 0 saturated carbocycles. The fraction of sp³-hybridized carbons (Fsp3) is 0.444. The zero-order valence-corrected chi connectivity index (χ0v) is 14.7. The van der Waals surface area contributed by atoms with Gasteiger partial charge in [0, 0.05) is 38.1 Å². The summed E-state index contributed by atoms with van der Waals surface area (Å²) in [5, 5.41) is 9.92. The molecule has 2 amide bonds. The summed E-state index contributed by atoms with van der Waals surface area (Å²) in [6.07, 6.45) is 4.49. The highest BCUT2D eigenvalue weighted by Crippen LogP contribution is 2.28. The van der Waals surface area contributed by atoms with Crippen molar-refractivity contribution in [3.63, 3.8) is 0 Å². The van der Waals surface area contributed by atoms with Crippen LogP contribution in [0.1, 0.15) is 12.5 Å². The van der Waals surface area contributed by atoms with Gasteiger partial charge in [0.1, 0.15) is 0 Å². The Morgan fingerprint density at radius 3 is 3.08 bits per heavy atom. The number of fused-ring (bicyclic) bond motifs is 1. The van der Waals surface area contributed by atoms with Gasteiger partial charge in [-0.3, -0.25) is 4.68 Å². The molecule has 0 saturated heterocycles. The smallest absolute Gasteiger partial charge is 0.319 e. The van der Waals surface area contributed by atoms with Crippen molar-refractivity contribution in [3.8, 4) is 0 Å². The second kappa shape index (κ2) is 8.02. The number of nitrogens with zero attached hydrogens (tertiary/aromatic N) is 3. The van der Waals surface area contributed by atoms with Gasteiger partial charge < -0.3 is 20.3 Å². The predicted molar refractivity (Wildman–Crippen MR) is 98.1 cm³/mol. The minimum Gasteiger partial charge on any atom is -0.383 e. The van der Waals surface area contributed by atoms with E-state index in [-0.39, 0.29) is 12.1 Å². The maximum absolute atomic E-state index is 12.1. The van der Waals surface area contributed by atoms with Crippen LogP contribution in [0.5, 0.6) is 0 Å². The van der Waals surface area contributed by atoms with E-state index in [1.165, 1.54) is 11.3 Å². The molecule has 0 fully saturated rings. The van der Waals surface area contributed by atoms with E-state index in [1.807, 2.05) is 0 Å². The lowest BCUT2D eigenvalue weighted by Gasteiger charge is -2.27. The number of para-hydroxylation sites is 1. The second-order valence-electron chi connectivity index (χ2n) is 6.24. The predicted octanol–water partition coefficient (Wildman–Crippen LogP) is 2.10. The lowest BCUT2D eigenvalue weighted by atomic mass is 10.2. The normalized spacial score (nSPS) is 14.2. The fourth-order valence-electron chi connectivity index (χ4n) is 3.08. The number of hydrogen-bond donors (Lipinski definition) is 2. The maximum Gasteiger partial charge on any atom is 0.319 e. The summed E-state index contributed by atoms with van der Waals surface area (Å²) in [6.45, 7) is 4.95. The SMILES string of the molecule is COCCn1cc(NC(=O)NC[C@@H](C)N2CCc3ccccc32)cn1. The van der Waals surface area contributed by atoms with Gasteiger partial charge in [0.25, 0.3) is 0 Å². The number of anilines is 2. The van der Waals surface area contributed by atoms with Crippen LogP contribution in [-0.4, -0.2) is 48.7 Å². The number of methoxy groups -OCH3 is 1. The van der Waals surface area contributed by atoms with Crippen molar-refractivity contribution in [1.82, 2.24) is 15.1 Å². The highest BCUT2D eigenvalue weighted by Gasteiger charge is 2.23. The number of nitrogens with one attached hydrogen (secondary N) is 2. The largest absolute Gasteiger partial charge is 0.383 e. The van der Waals surface area contributed by atoms with Crippen LogP contribution in [0.15, 0.2) is 36.7 Å². The summed E-state index contributed by atoms with van der Waals surface area (Å²) in [4.78, 5) is 14.4. The number of carbonyl (C=O) groups is 1. The molecular formula is C18H25N5O2. The highest BCUT2D eigenvalue weighted by molar-refractivity contribution is 5.88. The molecule has 1 aromatic heterocycles. The number of carbonyl (C=O) groups excluding carboxylic acids is 1. The van der Waals surface area contributed by atoms with Crippen LogP contribution >= 0.6 is 0 Å². The van der Waals surface area contributed by atoms with E-state index < -0.39 is 0 Å². The molecule has 1 aliphatic rings. The molecule has 3 rings (SSSR count). The highest BCUT2D eigenvalue weighted by atomic mass is 16.5. The molecule has 7 heteroatoms. The van der Waals surface area contributed by atoms with Crippen LogP contribution in [0.25, 0.3) is 0 Å². The lowest BCUT2D eigenvalue weighted by Crippen LogP contribution is -2.42. The zero-order valence-electron chi connectivity index (χ0n) is 14.7. The average molecular weight is 343 g/mol. The summed E-state index contributed by atoms with van der Waals surface area (Å²) in [7, 11) is 1.65. The first-order valence-corrected chi connectivity index (χ1v) is 8.58. The fourth-order valence-corrected chi connectivity index (χ4v) is 3.08. The number of ether oxygens (including phenoxy) is 1. The first-order chi connectivity index (χ1) is 12.2. The van der Waals surface area contributed by atoms with Crippen LogP contribution in [0, 0.1) is 0 Å². The van der Waals surface area contributed by atoms with Crippen LogP contribution in [-0.2, 0) is 17.7 Å². The molecule has 2 aromatic rings. The van der Waals surface area contributed by atoms with E-state index in [2.05, 4.69) is 51.8 Å². The molecule has 1 atom stereocenters. The topological polar surface area (TPSA) is 71.4 Å². The molecule has 0 radical (unpaired) electrons.